The number of benzene rings is 1. The number of carbonyl (C=O) groups is 2. The standard InChI is InChI=1S/C9H11N.C4H6O6/c10-9-6-8(9)7-4-2-1-3-5-7;5-1(3(7)8)2(6)4(9)10/h1-5,8-9H,6,10H2;1-2,5-6H,(H,7,8)(H,9,10)/t8-,9+;1-,2-/m10/s1. The second kappa shape index (κ2) is 6.99. The molecule has 0 saturated heterocycles. The summed E-state index contributed by atoms with van der Waals surface area (Å²) in [7, 11) is 0. The second-order valence-corrected chi connectivity index (χ2v) is 4.48. The average molecular weight is 283 g/mol. The Hall–Kier alpha value is -1.96. The fraction of sp³-hybridized carbons (Fsp3) is 0.385. The lowest BCUT2D eigenvalue weighted by molar-refractivity contribution is -0.165. The molecular formula is C13H17NO6. The van der Waals surface area contributed by atoms with Gasteiger partial charge < -0.3 is 26.2 Å². The lowest BCUT2D eigenvalue weighted by Crippen LogP contribution is -2.39. The van der Waals surface area contributed by atoms with Gasteiger partial charge in [-0.1, -0.05) is 30.3 Å². The van der Waals surface area contributed by atoms with E-state index in [1.165, 1.54) is 12.0 Å². The van der Waals surface area contributed by atoms with Crippen molar-refractivity contribution in [1.29, 1.82) is 0 Å². The molecule has 0 radical (unpaired) electrons. The summed E-state index contributed by atoms with van der Waals surface area (Å²) in [6, 6.07) is 10.9. The molecule has 7 nitrogen and oxygen atoms in total. The molecule has 0 aromatic heterocycles. The maximum atomic E-state index is 9.77. The van der Waals surface area contributed by atoms with Crippen molar-refractivity contribution in [3.8, 4) is 0 Å². The number of aliphatic hydroxyl groups excluding tert-OH is 2. The first kappa shape index (κ1) is 16.1. The molecule has 1 aliphatic rings. The molecule has 1 aliphatic carbocycles. The monoisotopic (exact) mass is 283 g/mol. The van der Waals surface area contributed by atoms with Gasteiger partial charge in [-0.2, -0.15) is 0 Å². The summed E-state index contributed by atoms with van der Waals surface area (Å²) in [5, 5.41) is 32.5. The van der Waals surface area contributed by atoms with Gasteiger partial charge in [0.05, 0.1) is 0 Å². The minimum absolute atomic E-state index is 0.433. The zero-order valence-corrected chi connectivity index (χ0v) is 10.6. The summed E-state index contributed by atoms with van der Waals surface area (Å²) < 4.78 is 0. The number of carboxylic acid groups (broad SMARTS) is 2. The lowest BCUT2D eigenvalue weighted by Gasteiger charge is -2.07. The summed E-state index contributed by atoms with van der Waals surface area (Å²) in [6.45, 7) is 0. The highest BCUT2D eigenvalue weighted by Crippen LogP contribution is 2.38. The fourth-order valence-corrected chi connectivity index (χ4v) is 1.57. The van der Waals surface area contributed by atoms with Gasteiger partial charge in [-0.15, -0.1) is 0 Å². The average Bonchev–Trinajstić information content (AvgIpc) is 3.15. The van der Waals surface area contributed by atoms with Crippen LogP contribution in [0.25, 0.3) is 0 Å². The summed E-state index contributed by atoms with van der Waals surface area (Å²) in [5.74, 6) is -2.88. The predicted octanol–water partition coefficient (Wildman–Crippen LogP) is -0.621. The highest BCUT2D eigenvalue weighted by molar-refractivity contribution is 5.83. The van der Waals surface area contributed by atoms with E-state index < -0.39 is 24.1 Å². The van der Waals surface area contributed by atoms with Crippen molar-refractivity contribution < 1.29 is 30.0 Å². The molecule has 1 aromatic rings. The van der Waals surface area contributed by atoms with Gasteiger partial charge in [0.2, 0.25) is 0 Å². The van der Waals surface area contributed by atoms with Crippen LogP contribution in [-0.2, 0) is 9.59 Å². The molecule has 20 heavy (non-hydrogen) atoms. The quantitative estimate of drug-likeness (QED) is 0.495. The highest BCUT2D eigenvalue weighted by Gasteiger charge is 2.34. The van der Waals surface area contributed by atoms with Crippen molar-refractivity contribution in [2.24, 2.45) is 5.73 Å². The van der Waals surface area contributed by atoms with E-state index in [1.807, 2.05) is 6.07 Å². The molecule has 0 amide bonds. The maximum Gasteiger partial charge on any atom is 0.335 e. The van der Waals surface area contributed by atoms with Crippen LogP contribution >= 0.6 is 0 Å². The second-order valence-electron chi connectivity index (χ2n) is 4.48. The normalized spacial score (nSPS) is 22.9. The molecule has 0 bridgehead atoms. The first-order valence-corrected chi connectivity index (χ1v) is 5.97. The Morgan fingerprint density at radius 1 is 1.05 bits per heavy atom. The number of carboxylic acids is 2. The largest absolute Gasteiger partial charge is 0.479 e. The Bertz CT molecular complexity index is 445. The van der Waals surface area contributed by atoms with E-state index in [0.29, 0.717) is 12.0 Å². The number of nitrogens with two attached hydrogens (primary N) is 1. The third kappa shape index (κ3) is 4.61. The van der Waals surface area contributed by atoms with Gasteiger partial charge in [0.1, 0.15) is 0 Å². The number of hydrogen-bond acceptors (Lipinski definition) is 5. The molecule has 110 valence electrons. The number of hydrogen-bond donors (Lipinski definition) is 5. The SMILES string of the molecule is N[C@H]1C[C@@H]1c1ccccc1.O=C(O)[C@@H](O)[C@H](O)C(=O)O. The third-order valence-electron chi connectivity index (χ3n) is 2.87. The molecule has 7 heteroatoms. The topological polar surface area (TPSA) is 141 Å². The predicted molar refractivity (Wildman–Crippen MR) is 69.1 cm³/mol. The smallest absolute Gasteiger partial charge is 0.335 e. The van der Waals surface area contributed by atoms with Gasteiger partial charge in [-0.25, -0.2) is 9.59 Å². The van der Waals surface area contributed by atoms with Crippen molar-refractivity contribution in [2.45, 2.75) is 30.6 Å². The van der Waals surface area contributed by atoms with E-state index in [2.05, 4.69) is 24.3 Å². The summed E-state index contributed by atoms with van der Waals surface area (Å²) in [5.41, 5.74) is 7.10. The third-order valence-corrected chi connectivity index (χ3v) is 2.87. The molecular weight excluding hydrogens is 266 g/mol. The van der Waals surface area contributed by atoms with Crippen LogP contribution in [0.3, 0.4) is 0 Å². The van der Waals surface area contributed by atoms with Crippen molar-refractivity contribution in [3.63, 3.8) is 0 Å². The van der Waals surface area contributed by atoms with E-state index in [1.54, 1.807) is 0 Å². The van der Waals surface area contributed by atoms with Crippen molar-refractivity contribution >= 4 is 11.9 Å². The van der Waals surface area contributed by atoms with Gasteiger partial charge in [0, 0.05) is 12.0 Å². The molecule has 0 unspecified atom stereocenters. The van der Waals surface area contributed by atoms with Gasteiger partial charge in [0.15, 0.2) is 12.2 Å². The van der Waals surface area contributed by atoms with Crippen LogP contribution in [0, 0.1) is 0 Å². The number of aliphatic carboxylic acids is 2. The van der Waals surface area contributed by atoms with Crippen LogP contribution in [0.5, 0.6) is 0 Å². The van der Waals surface area contributed by atoms with Crippen LogP contribution in [0.15, 0.2) is 30.3 Å². The van der Waals surface area contributed by atoms with Crippen LogP contribution in [0.1, 0.15) is 17.9 Å². The van der Waals surface area contributed by atoms with E-state index in [0.717, 1.165) is 0 Å². The Labute approximate surface area is 115 Å². The molecule has 2 rings (SSSR count). The summed E-state index contributed by atoms with van der Waals surface area (Å²) >= 11 is 0. The minimum atomic E-state index is -2.27. The van der Waals surface area contributed by atoms with Gasteiger partial charge in [-0.05, 0) is 12.0 Å². The summed E-state index contributed by atoms with van der Waals surface area (Å²) in [4.78, 5) is 19.5. The number of aliphatic hydroxyl groups is 2. The van der Waals surface area contributed by atoms with E-state index >= 15 is 0 Å². The molecule has 1 aromatic carbocycles. The van der Waals surface area contributed by atoms with Crippen molar-refractivity contribution in [2.75, 3.05) is 0 Å². The summed E-state index contributed by atoms with van der Waals surface area (Å²) in [6.07, 6.45) is -3.36. The Kier molecular flexibility index (Phi) is 5.63. The Balaban J connectivity index is 0.000000200. The van der Waals surface area contributed by atoms with Gasteiger partial charge in [-0.3, -0.25) is 0 Å². The van der Waals surface area contributed by atoms with Gasteiger partial charge >= 0.3 is 11.9 Å². The number of rotatable bonds is 4. The first-order chi connectivity index (χ1) is 9.34. The van der Waals surface area contributed by atoms with Crippen molar-refractivity contribution in [3.05, 3.63) is 35.9 Å². The molecule has 0 heterocycles. The van der Waals surface area contributed by atoms with Crippen LogP contribution in [-0.4, -0.2) is 50.6 Å². The van der Waals surface area contributed by atoms with E-state index in [-0.39, 0.29) is 0 Å². The van der Waals surface area contributed by atoms with Crippen LogP contribution in [0.2, 0.25) is 0 Å². The molecule has 4 atom stereocenters. The van der Waals surface area contributed by atoms with Gasteiger partial charge in [0.25, 0.3) is 0 Å². The van der Waals surface area contributed by atoms with E-state index in [9.17, 15) is 9.59 Å². The zero-order chi connectivity index (χ0) is 15.3. The van der Waals surface area contributed by atoms with Crippen LogP contribution < -0.4 is 5.73 Å². The zero-order valence-electron chi connectivity index (χ0n) is 10.6. The Morgan fingerprint density at radius 3 is 1.75 bits per heavy atom. The first-order valence-electron chi connectivity index (χ1n) is 5.97. The molecule has 0 aliphatic heterocycles. The minimum Gasteiger partial charge on any atom is -0.479 e. The van der Waals surface area contributed by atoms with E-state index in [4.69, 9.17) is 26.2 Å². The molecule has 0 spiro atoms. The fourth-order valence-electron chi connectivity index (χ4n) is 1.57. The highest BCUT2D eigenvalue weighted by atomic mass is 16.4. The molecule has 1 saturated carbocycles. The van der Waals surface area contributed by atoms with Crippen LogP contribution in [0.4, 0.5) is 0 Å². The molecule has 6 N–H and O–H groups in total. The van der Waals surface area contributed by atoms with Crippen molar-refractivity contribution in [1.82, 2.24) is 0 Å². The maximum absolute atomic E-state index is 9.77. The Morgan fingerprint density at radius 2 is 1.45 bits per heavy atom. The molecule has 1 fully saturated rings. The lowest BCUT2D eigenvalue weighted by atomic mass is 10.1.